The van der Waals surface area contributed by atoms with Gasteiger partial charge in [0.25, 0.3) is 0 Å². The topological polar surface area (TPSA) is 61.4 Å². The Bertz CT molecular complexity index is 1070. The zero-order chi connectivity index (χ0) is 18.1. The van der Waals surface area contributed by atoms with Crippen LogP contribution in [0.4, 0.5) is 4.39 Å². The van der Waals surface area contributed by atoms with Gasteiger partial charge in [-0.2, -0.15) is 4.39 Å². The molecule has 8 heteroatoms. The number of aromatic nitrogens is 6. The van der Waals surface area contributed by atoms with E-state index in [2.05, 4.69) is 26.4 Å². The maximum absolute atomic E-state index is 13.5. The average Bonchev–Trinajstić information content (AvgIpc) is 3.21. The number of nitrogens with zero attached hydrogens (tertiary/aromatic N) is 6. The number of aryl methyl sites for hydroxylation is 1. The molecule has 4 aromatic heterocycles. The van der Waals surface area contributed by atoms with Gasteiger partial charge in [-0.15, -0.1) is 0 Å². The molecule has 6 nitrogen and oxygen atoms in total. The van der Waals surface area contributed by atoms with E-state index < -0.39 is 5.95 Å². The van der Waals surface area contributed by atoms with E-state index in [1.165, 1.54) is 6.07 Å². The molecular weight excluding hydrogens is 355 g/mol. The first-order valence-corrected chi connectivity index (χ1v) is 8.69. The zero-order valence-electron chi connectivity index (χ0n) is 14.1. The summed E-state index contributed by atoms with van der Waals surface area (Å²) in [5.41, 5.74) is 2.04. The van der Waals surface area contributed by atoms with Gasteiger partial charge in [-0.25, -0.2) is 19.9 Å². The van der Waals surface area contributed by atoms with E-state index in [1.807, 2.05) is 16.8 Å². The quantitative estimate of drug-likeness (QED) is 0.499. The Morgan fingerprint density at radius 3 is 2.81 bits per heavy atom. The van der Waals surface area contributed by atoms with Crippen LogP contribution in [-0.2, 0) is 13.1 Å². The fraction of sp³-hybridized carbons (Fsp3) is 0.222. The Labute approximate surface area is 154 Å². The molecule has 132 valence electrons. The van der Waals surface area contributed by atoms with Crippen LogP contribution in [0.15, 0.2) is 42.7 Å². The predicted octanol–water partition coefficient (Wildman–Crippen LogP) is 3.94. The van der Waals surface area contributed by atoms with Crippen LogP contribution in [0.1, 0.15) is 19.2 Å². The number of pyridine rings is 2. The van der Waals surface area contributed by atoms with Crippen molar-refractivity contribution in [2.45, 2.75) is 26.4 Å². The molecule has 4 aromatic rings. The Morgan fingerprint density at radius 2 is 2.00 bits per heavy atom. The zero-order valence-corrected chi connectivity index (χ0v) is 14.9. The first kappa shape index (κ1) is 16.7. The van der Waals surface area contributed by atoms with E-state index in [1.54, 1.807) is 24.4 Å². The maximum Gasteiger partial charge on any atom is 0.213 e. The molecule has 0 aliphatic rings. The number of rotatable bonds is 5. The minimum absolute atomic E-state index is 0.439. The number of fused-ring (bicyclic) bond motifs is 1. The fourth-order valence-electron chi connectivity index (χ4n) is 2.96. The van der Waals surface area contributed by atoms with Crippen LogP contribution in [0.5, 0.6) is 0 Å². The molecule has 26 heavy (non-hydrogen) atoms. The second-order valence-corrected chi connectivity index (χ2v) is 6.27. The van der Waals surface area contributed by atoms with Crippen molar-refractivity contribution in [2.24, 2.45) is 0 Å². The first-order valence-electron chi connectivity index (χ1n) is 8.31. The monoisotopic (exact) mass is 370 g/mol. The van der Waals surface area contributed by atoms with E-state index in [9.17, 15) is 4.39 Å². The molecule has 0 fully saturated rings. The molecule has 0 aliphatic carbocycles. The lowest BCUT2D eigenvalue weighted by Crippen LogP contribution is -2.10. The van der Waals surface area contributed by atoms with Gasteiger partial charge in [-0.05, 0) is 30.7 Å². The van der Waals surface area contributed by atoms with E-state index >= 15 is 0 Å². The average molecular weight is 371 g/mol. The highest BCUT2D eigenvalue weighted by atomic mass is 35.5. The van der Waals surface area contributed by atoms with Crippen molar-refractivity contribution in [3.8, 4) is 11.5 Å². The summed E-state index contributed by atoms with van der Waals surface area (Å²) in [5.74, 6) is 0.895. The fourth-order valence-corrected chi connectivity index (χ4v) is 3.10. The Balaban J connectivity index is 1.77. The number of hydrogen-bond donors (Lipinski definition) is 0. The summed E-state index contributed by atoms with van der Waals surface area (Å²) in [4.78, 5) is 17.4. The minimum atomic E-state index is -0.533. The highest BCUT2D eigenvalue weighted by Gasteiger charge is 2.15. The predicted molar refractivity (Wildman–Crippen MR) is 97.3 cm³/mol. The van der Waals surface area contributed by atoms with Crippen molar-refractivity contribution in [3.63, 3.8) is 0 Å². The third-order valence-corrected chi connectivity index (χ3v) is 4.27. The highest BCUT2D eigenvalue weighted by Crippen LogP contribution is 2.21. The third kappa shape index (κ3) is 3.06. The van der Waals surface area contributed by atoms with Crippen LogP contribution in [0.25, 0.3) is 22.7 Å². The Hall–Kier alpha value is -2.80. The molecule has 0 amide bonds. The van der Waals surface area contributed by atoms with E-state index in [4.69, 9.17) is 16.6 Å². The first-order chi connectivity index (χ1) is 12.7. The van der Waals surface area contributed by atoms with Crippen LogP contribution in [-0.4, -0.2) is 29.1 Å². The molecule has 0 bridgehead atoms. The largest absolute Gasteiger partial charge is 0.322 e. The smallest absolute Gasteiger partial charge is 0.213 e. The molecule has 4 heterocycles. The van der Waals surface area contributed by atoms with Crippen LogP contribution in [0.2, 0.25) is 5.15 Å². The lowest BCUT2D eigenvalue weighted by Gasteiger charge is -2.10. The van der Waals surface area contributed by atoms with Crippen molar-refractivity contribution in [3.05, 3.63) is 59.7 Å². The molecule has 0 atom stereocenters. The van der Waals surface area contributed by atoms with Gasteiger partial charge in [-0.3, -0.25) is 0 Å². The Morgan fingerprint density at radius 1 is 1.12 bits per heavy atom. The standard InChI is InChI=1S/C18H16ClFN6/c1-2-9-26-16(23-13-6-7-14(19)24-18(13)26)11-25-10-8-21-17(25)12-4-3-5-15(20)22-12/h3-8,10H,2,9,11H2,1H3. The minimum Gasteiger partial charge on any atom is -0.322 e. The van der Waals surface area contributed by atoms with E-state index in [0.717, 1.165) is 30.0 Å². The van der Waals surface area contributed by atoms with Gasteiger partial charge in [0.05, 0.1) is 6.54 Å². The van der Waals surface area contributed by atoms with Crippen LogP contribution in [0, 0.1) is 5.95 Å². The van der Waals surface area contributed by atoms with Gasteiger partial charge in [0.1, 0.15) is 22.2 Å². The molecular formula is C18H16ClFN6. The molecule has 0 saturated heterocycles. The van der Waals surface area contributed by atoms with E-state index in [-0.39, 0.29) is 0 Å². The number of imidazole rings is 2. The highest BCUT2D eigenvalue weighted by molar-refractivity contribution is 6.29. The van der Waals surface area contributed by atoms with Crippen LogP contribution in [0.3, 0.4) is 0 Å². The summed E-state index contributed by atoms with van der Waals surface area (Å²) in [5, 5.41) is 0.439. The molecule has 0 saturated carbocycles. The molecule has 0 aliphatic heterocycles. The van der Waals surface area contributed by atoms with Crippen molar-refractivity contribution in [1.29, 1.82) is 0 Å². The van der Waals surface area contributed by atoms with Crippen LogP contribution < -0.4 is 0 Å². The maximum atomic E-state index is 13.5. The van der Waals surface area contributed by atoms with Gasteiger partial charge in [-0.1, -0.05) is 24.6 Å². The third-order valence-electron chi connectivity index (χ3n) is 4.06. The summed E-state index contributed by atoms with van der Waals surface area (Å²) < 4.78 is 17.4. The summed E-state index contributed by atoms with van der Waals surface area (Å²) in [7, 11) is 0. The normalized spacial score (nSPS) is 11.3. The van der Waals surface area contributed by atoms with E-state index in [0.29, 0.717) is 23.2 Å². The lowest BCUT2D eigenvalue weighted by molar-refractivity contribution is 0.583. The lowest BCUT2D eigenvalue weighted by atomic mass is 10.3. The van der Waals surface area contributed by atoms with Crippen molar-refractivity contribution in [1.82, 2.24) is 29.1 Å². The van der Waals surface area contributed by atoms with Crippen molar-refractivity contribution in [2.75, 3.05) is 0 Å². The summed E-state index contributed by atoms with van der Waals surface area (Å²) in [6, 6.07) is 8.26. The molecule has 4 rings (SSSR count). The molecule has 0 spiro atoms. The van der Waals surface area contributed by atoms with Gasteiger partial charge in [0.15, 0.2) is 11.5 Å². The van der Waals surface area contributed by atoms with Gasteiger partial charge in [0.2, 0.25) is 5.95 Å². The van der Waals surface area contributed by atoms with Crippen molar-refractivity contribution < 1.29 is 4.39 Å². The molecule has 0 radical (unpaired) electrons. The molecule has 0 N–H and O–H groups in total. The van der Waals surface area contributed by atoms with Gasteiger partial charge in [0, 0.05) is 18.9 Å². The van der Waals surface area contributed by atoms with Gasteiger partial charge >= 0.3 is 0 Å². The van der Waals surface area contributed by atoms with Crippen molar-refractivity contribution >= 4 is 22.8 Å². The number of hydrogen-bond acceptors (Lipinski definition) is 4. The summed E-state index contributed by atoms with van der Waals surface area (Å²) in [6.45, 7) is 3.35. The molecule has 0 aromatic carbocycles. The Kier molecular flexibility index (Phi) is 4.38. The number of halogens is 2. The summed E-state index contributed by atoms with van der Waals surface area (Å²) in [6.07, 6.45) is 4.44. The van der Waals surface area contributed by atoms with Crippen LogP contribution >= 0.6 is 11.6 Å². The second kappa shape index (κ2) is 6.84. The summed E-state index contributed by atoms with van der Waals surface area (Å²) >= 11 is 6.05. The van der Waals surface area contributed by atoms with Gasteiger partial charge < -0.3 is 9.13 Å². The molecule has 0 unspecified atom stereocenters. The SMILES string of the molecule is CCCn1c(Cn2ccnc2-c2cccc(F)n2)nc2ccc(Cl)nc21. The second-order valence-electron chi connectivity index (χ2n) is 5.88.